The third-order valence-corrected chi connectivity index (χ3v) is 3.18. The Labute approximate surface area is 153 Å². The molecule has 0 atom stereocenters. The van der Waals surface area contributed by atoms with Gasteiger partial charge < -0.3 is 10.2 Å². The quantitative estimate of drug-likeness (QED) is 0.435. The predicted molar refractivity (Wildman–Crippen MR) is 101 cm³/mol. The molecule has 0 saturated heterocycles. The number of hydrogen-bond acceptors (Lipinski definition) is 2. The normalized spacial score (nSPS) is 11.0. The number of aromatic nitrogens is 2. The maximum atomic E-state index is 12.9. The van der Waals surface area contributed by atoms with Gasteiger partial charge in [0.1, 0.15) is 5.82 Å². The Morgan fingerprint density at radius 3 is 2.70 bits per heavy atom. The lowest BCUT2D eigenvalue weighted by molar-refractivity contribution is 0.474. The highest BCUT2D eigenvalue weighted by Crippen LogP contribution is 2.05. The molecular weight excluding hydrogens is 408 g/mol. The molecule has 23 heavy (non-hydrogen) atoms. The summed E-state index contributed by atoms with van der Waals surface area (Å²) in [6.07, 6.45) is 3.68. The van der Waals surface area contributed by atoms with Crippen molar-refractivity contribution in [3.63, 3.8) is 0 Å². The van der Waals surface area contributed by atoms with Crippen LogP contribution >= 0.6 is 24.0 Å². The van der Waals surface area contributed by atoms with Crippen LogP contribution < -0.4 is 5.32 Å². The third kappa shape index (κ3) is 6.55. The van der Waals surface area contributed by atoms with E-state index >= 15 is 0 Å². The van der Waals surface area contributed by atoms with Crippen LogP contribution in [0.4, 0.5) is 4.39 Å². The van der Waals surface area contributed by atoms with Crippen molar-refractivity contribution in [2.75, 3.05) is 20.1 Å². The number of nitrogens with zero attached hydrogens (tertiary/aromatic N) is 4. The van der Waals surface area contributed by atoms with Gasteiger partial charge in [-0.2, -0.15) is 5.10 Å². The monoisotopic (exact) mass is 431 g/mol. The maximum Gasteiger partial charge on any atom is 0.194 e. The summed E-state index contributed by atoms with van der Waals surface area (Å²) in [5.41, 5.74) is 1.04. The molecule has 126 valence electrons. The van der Waals surface area contributed by atoms with Gasteiger partial charge in [0, 0.05) is 32.5 Å². The number of benzene rings is 1. The van der Waals surface area contributed by atoms with Crippen LogP contribution in [0.3, 0.4) is 0 Å². The van der Waals surface area contributed by atoms with Gasteiger partial charge in [0.15, 0.2) is 5.96 Å². The van der Waals surface area contributed by atoms with E-state index in [0.717, 1.165) is 24.6 Å². The van der Waals surface area contributed by atoms with E-state index in [1.165, 1.54) is 12.1 Å². The fraction of sp³-hybridized carbons (Fsp3) is 0.375. The molecule has 1 aromatic heterocycles. The minimum atomic E-state index is -0.216. The average Bonchev–Trinajstić information content (AvgIpc) is 3.02. The second kappa shape index (κ2) is 10.2. The minimum absolute atomic E-state index is 0. The van der Waals surface area contributed by atoms with Gasteiger partial charge in [-0.15, -0.1) is 24.0 Å². The van der Waals surface area contributed by atoms with Crippen LogP contribution in [0.5, 0.6) is 0 Å². The highest BCUT2D eigenvalue weighted by atomic mass is 127. The molecule has 0 radical (unpaired) electrons. The van der Waals surface area contributed by atoms with E-state index in [2.05, 4.69) is 15.4 Å². The van der Waals surface area contributed by atoms with Crippen LogP contribution in [0.2, 0.25) is 0 Å². The number of guanidine groups is 1. The van der Waals surface area contributed by atoms with E-state index in [4.69, 9.17) is 0 Å². The Kier molecular flexibility index (Phi) is 8.60. The second-order valence-corrected chi connectivity index (χ2v) is 4.99. The molecule has 1 aromatic carbocycles. The molecule has 5 nitrogen and oxygen atoms in total. The van der Waals surface area contributed by atoms with Crippen LogP contribution in [0.15, 0.2) is 47.7 Å². The molecule has 0 spiro atoms. The van der Waals surface area contributed by atoms with E-state index < -0.39 is 0 Å². The summed E-state index contributed by atoms with van der Waals surface area (Å²) in [6.45, 7) is 4.90. The Hall–Kier alpha value is -1.64. The van der Waals surface area contributed by atoms with Crippen molar-refractivity contribution in [2.24, 2.45) is 4.99 Å². The highest BCUT2D eigenvalue weighted by molar-refractivity contribution is 14.0. The van der Waals surface area contributed by atoms with Crippen molar-refractivity contribution in [3.05, 3.63) is 54.1 Å². The first kappa shape index (κ1) is 19.4. The van der Waals surface area contributed by atoms with Gasteiger partial charge in [-0.05, 0) is 30.7 Å². The smallest absolute Gasteiger partial charge is 0.194 e. The Balaban J connectivity index is 0.00000264. The molecular formula is C16H23FIN5. The highest BCUT2D eigenvalue weighted by Gasteiger charge is 2.06. The van der Waals surface area contributed by atoms with Crippen LogP contribution in [-0.4, -0.2) is 40.8 Å². The molecule has 0 amide bonds. The zero-order valence-electron chi connectivity index (χ0n) is 13.4. The zero-order valence-corrected chi connectivity index (χ0v) is 15.8. The summed E-state index contributed by atoms with van der Waals surface area (Å²) in [6, 6.07) is 8.43. The lowest BCUT2D eigenvalue weighted by Gasteiger charge is -2.22. The van der Waals surface area contributed by atoms with Crippen molar-refractivity contribution >= 4 is 29.9 Å². The molecule has 0 bridgehead atoms. The zero-order chi connectivity index (χ0) is 15.8. The van der Waals surface area contributed by atoms with Crippen LogP contribution in [0, 0.1) is 5.82 Å². The maximum absolute atomic E-state index is 12.9. The van der Waals surface area contributed by atoms with Gasteiger partial charge in [0.05, 0.1) is 13.1 Å². The largest absolute Gasteiger partial charge is 0.357 e. The van der Waals surface area contributed by atoms with Crippen molar-refractivity contribution in [1.82, 2.24) is 20.0 Å². The van der Waals surface area contributed by atoms with Crippen molar-refractivity contribution in [1.29, 1.82) is 0 Å². The molecule has 1 heterocycles. The first-order valence-electron chi connectivity index (χ1n) is 7.40. The summed E-state index contributed by atoms with van der Waals surface area (Å²) in [5.74, 6) is 0.616. The molecule has 0 aliphatic heterocycles. The lowest BCUT2D eigenvalue weighted by Crippen LogP contribution is -2.38. The summed E-state index contributed by atoms with van der Waals surface area (Å²) < 4.78 is 14.8. The van der Waals surface area contributed by atoms with E-state index in [9.17, 15) is 4.39 Å². The van der Waals surface area contributed by atoms with Gasteiger partial charge in [-0.25, -0.2) is 4.39 Å². The topological polar surface area (TPSA) is 45.5 Å². The number of hydrogen-bond donors (Lipinski definition) is 1. The van der Waals surface area contributed by atoms with E-state index in [1.54, 1.807) is 18.3 Å². The molecule has 0 aliphatic rings. The Morgan fingerprint density at radius 1 is 1.35 bits per heavy atom. The van der Waals surface area contributed by atoms with Crippen LogP contribution in [0.1, 0.15) is 12.5 Å². The molecule has 2 aromatic rings. The molecule has 0 unspecified atom stereocenters. The summed E-state index contributed by atoms with van der Waals surface area (Å²) >= 11 is 0. The van der Waals surface area contributed by atoms with Gasteiger partial charge in [0.2, 0.25) is 0 Å². The van der Waals surface area contributed by atoms with Crippen LogP contribution in [0.25, 0.3) is 0 Å². The van der Waals surface area contributed by atoms with Gasteiger partial charge in [0.25, 0.3) is 0 Å². The first-order chi connectivity index (χ1) is 10.7. The fourth-order valence-electron chi connectivity index (χ4n) is 2.10. The van der Waals surface area contributed by atoms with Gasteiger partial charge >= 0.3 is 0 Å². The number of rotatable bonds is 6. The Morgan fingerprint density at radius 2 is 2.09 bits per heavy atom. The summed E-state index contributed by atoms with van der Waals surface area (Å²) in [5, 5.41) is 7.42. The van der Waals surface area contributed by atoms with E-state index in [1.807, 2.05) is 35.8 Å². The second-order valence-electron chi connectivity index (χ2n) is 4.99. The molecule has 2 rings (SSSR count). The van der Waals surface area contributed by atoms with Crippen molar-refractivity contribution < 1.29 is 4.39 Å². The summed E-state index contributed by atoms with van der Waals surface area (Å²) in [4.78, 5) is 6.63. The summed E-state index contributed by atoms with van der Waals surface area (Å²) in [7, 11) is 1.97. The fourth-order valence-corrected chi connectivity index (χ4v) is 2.10. The van der Waals surface area contributed by atoms with Gasteiger partial charge in [-0.1, -0.05) is 12.1 Å². The number of halogens is 2. The molecule has 0 saturated carbocycles. The molecule has 1 N–H and O–H groups in total. The predicted octanol–water partition coefficient (Wildman–Crippen LogP) is 2.74. The van der Waals surface area contributed by atoms with E-state index in [0.29, 0.717) is 13.1 Å². The first-order valence-corrected chi connectivity index (χ1v) is 7.40. The standard InChI is InChI=1S/C16H22FN5.HI/c1-3-18-16(19-10-12-22-11-4-9-20-22)21(2)13-14-5-7-15(17)8-6-14;/h4-9,11H,3,10,12-13H2,1-2H3,(H,18,19);1H. The molecule has 0 aliphatic carbocycles. The SMILES string of the molecule is CCNC(=NCCn1cccn1)N(C)Cc1ccc(F)cc1.I. The third-order valence-electron chi connectivity index (χ3n) is 3.18. The number of aliphatic imine (C=N–C) groups is 1. The van der Waals surface area contributed by atoms with Gasteiger partial charge in [-0.3, -0.25) is 9.67 Å². The van der Waals surface area contributed by atoms with Crippen molar-refractivity contribution in [3.8, 4) is 0 Å². The lowest BCUT2D eigenvalue weighted by atomic mass is 10.2. The molecule has 0 fully saturated rings. The minimum Gasteiger partial charge on any atom is -0.357 e. The van der Waals surface area contributed by atoms with E-state index in [-0.39, 0.29) is 29.8 Å². The Bertz CT molecular complexity index is 583. The number of nitrogens with one attached hydrogen (secondary N) is 1. The average molecular weight is 431 g/mol. The molecule has 7 heteroatoms. The van der Waals surface area contributed by atoms with Crippen molar-refractivity contribution in [2.45, 2.75) is 20.0 Å². The van der Waals surface area contributed by atoms with Crippen LogP contribution in [-0.2, 0) is 13.1 Å².